The van der Waals surface area contributed by atoms with E-state index in [1.165, 1.54) is 64.2 Å². The zero-order valence-corrected chi connectivity index (χ0v) is 18.5. The Bertz CT molecular complexity index is 342. The molecule has 0 aromatic rings. The van der Waals surface area contributed by atoms with Crippen LogP contribution < -0.4 is 0 Å². The van der Waals surface area contributed by atoms with Crippen molar-refractivity contribution in [2.45, 2.75) is 111 Å². The Kier molecular flexibility index (Phi) is 17.2. The summed E-state index contributed by atoms with van der Waals surface area (Å²) in [4.78, 5) is 23.0. The van der Waals surface area contributed by atoms with Crippen LogP contribution in [0.4, 0.5) is 0 Å². The smallest absolute Gasteiger partial charge is 0.328 e. The van der Waals surface area contributed by atoms with Crippen molar-refractivity contribution in [2.75, 3.05) is 5.75 Å². The topological polar surface area (TPSA) is 52.6 Å². The normalized spacial score (nSPS) is 12.5. The summed E-state index contributed by atoms with van der Waals surface area (Å²) in [6.45, 7) is 7.92. The van der Waals surface area contributed by atoms with Crippen LogP contribution in [-0.4, -0.2) is 17.7 Å². The van der Waals surface area contributed by atoms with Gasteiger partial charge in [0.2, 0.25) is 0 Å². The number of carbonyl (C=O) groups is 2. The summed E-state index contributed by atoms with van der Waals surface area (Å²) in [7, 11) is 0. The molecule has 0 N–H and O–H groups in total. The van der Waals surface area contributed by atoms with Crippen molar-refractivity contribution in [1.29, 1.82) is 0 Å². The highest BCUT2D eigenvalue weighted by Gasteiger charge is 2.15. The summed E-state index contributed by atoms with van der Waals surface area (Å²) >= 11 is -1.43. The minimum absolute atomic E-state index is 0.286. The van der Waals surface area contributed by atoms with E-state index in [2.05, 4.69) is 13.8 Å². The van der Waals surface area contributed by atoms with Crippen LogP contribution in [-0.2, 0) is 18.0 Å². The van der Waals surface area contributed by atoms with E-state index in [-0.39, 0.29) is 11.9 Å². The average Bonchev–Trinajstić information content (AvgIpc) is 2.62. The third-order valence-corrected chi connectivity index (χ3v) is 6.23. The van der Waals surface area contributed by atoms with Gasteiger partial charge < -0.3 is 8.37 Å². The average molecular weight is 391 g/mol. The maximum absolute atomic E-state index is 11.5. The molecule has 0 spiro atoms. The van der Waals surface area contributed by atoms with Gasteiger partial charge in [0.15, 0.2) is 0 Å². The van der Waals surface area contributed by atoms with Crippen LogP contribution in [0.1, 0.15) is 111 Å². The molecular formula is C21H42O4S. The molecule has 0 bridgehead atoms. The monoisotopic (exact) mass is 390 g/mol. The molecule has 0 fully saturated rings. The van der Waals surface area contributed by atoms with Crippen molar-refractivity contribution in [2.24, 2.45) is 5.92 Å². The molecule has 0 radical (unpaired) electrons. The van der Waals surface area contributed by atoms with Gasteiger partial charge in [0.05, 0.1) is 5.75 Å². The van der Waals surface area contributed by atoms with Crippen molar-refractivity contribution < 1.29 is 18.0 Å². The van der Waals surface area contributed by atoms with Crippen molar-refractivity contribution in [3.8, 4) is 0 Å². The maximum Gasteiger partial charge on any atom is 0.328 e. The molecule has 0 aromatic heterocycles. The van der Waals surface area contributed by atoms with Gasteiger partial charge in [-0.05, 0) is 12.3 Å². The molecule has 0 aliphatic heterocycles. The summed E-state index contributed by atoms with van der Waals surface area (Å²) in [5.74, 6) is 0.492. The molecule has 1 atom stereocenters. The molecule has 0 rings (SSSR count). The minimum Gasteiger partial charge on any atom is -0.347 e. The van der Waals surface area contributed by atoms with Gasteiger partial charge in [-0.2, -0.15) is 0 Å². The fourth-order valence-electron chi connectivity index (χ4n) is 2.78. The Hall–Kier alpha value is -0.710. The van der Waals surface area contributed by atoms with Gasteiger partial charge in [-0.1, -0.05) is 91.9 Å². The van der Waals surface area contributed by atoms with Gasteiger partial charge in [0, 0.05) is 12.8 Å². The molecule has 0 amide bonds. The van der Waals surface area contributed by atoms with Crippen LogP contribution in [0.3, 0.4) is 0 Å². The Labute approximate surface area is 164 Å². The van der Waals surface area contributed by atoms with E-state index in [4.69, 9.17) is 8.37 Å². The van der Waals surface area contributed by atoms with Crippen LogP contribution in [0.15, 0.2) is 0 Å². The fraction of sp³-hybridized carbons (Fsp3) is 0.905. The van der Waals surface area contributed by atoms with Gasteiger partial charge in [-0.15, -0.1) is 11.5 Å². The first-order valence-corrected chi connectivity index (χ1v) is 12.1. The molecule has 0 aliphatic rings. The molecule has 0 heterocycles. The largest absolute Gasteiger partial charge is 0.347 e. The van der Waals surface area contributed by atoms with Crippen LogP contribution in [0.2, 0.25) is 0 Å². The molecule has 0 aliphatic carbocycles. The first kappa shape index (κ1) is 25.3. The van der Waals surface area contributed by atoms with Gasteiger partial charge in [-0.25, -0.2) is 0 Å². The van der Waals surface area contributed by atoms with E-state index < -0.39 is 11.5 Å². The second kappa shape index (κ2) is 17.7. The van der Waals surface area contributed by atoms with Gasteiger partial charge in [0.1, 0.15) is 0 Å². The predicted octanol–water partition coefficient (Wildman–Crippen LogP) is 6.67. The molecule has 1 unspecified atom stereocenters. The zero-order chi connectivity index (χ0) is 19.6. The summed E-state index contributed by atoms with van der Waals surface area (Å²) in [6.07, 6.45) is 15.1. The van der Waals surface area contributed by atoms with Crippen molar-refractivity contribution >= 4 is 23.4 Å². The summed E-state index contributed by atoms with van der Waals surface area (Å²) in [5.41, 5.74) is 0. The van der Waals surface area contributed by atoms with Crippen LogP contribution in [0, 0.1) is 5.92 Å². The maximum atomic E-state index is 11.5. The van der Waals surface area contributed by atoms with E-state index in [1.807, 2.05) is 0 Å². The number of hydrogen-bond donors (Lipinski definition) is 1. The minimum atomic E-state index is -1.43. The number of thiol groups is 1. The third-order valence-electron chi connectivity index (χ3n) is 4.50. The molecule has 0 saturated heterocycles. The predicted molar refractivity (Wildman–Crippen MR) is 112 cm³/mol. The highest BCUT2D eigenvalue weighted by molar-refractivity contribution is 8.09. The quantitative estimate of drug-likeness (QED) is 0.222. The number of rotatable bonds is 17. The van der Waals surface area contributed by atoms with E-state index in [0.29, 0.717) is 24.5 Å². The Morgan fingerprint density at radius 1 is 0.731 bits per heavy atom. The van der Waals surface area contributed by atoms with Gasteiger partial charge in [-0.3, -0.25) is 9.59 Å². The highest BCUT2D eigenvalue weighted by atomic mass is 32.2. The Balaban J connectivity index is 3.82. The number of hydrogen-bond acceptors (Lipinski definition) is 4. The number of unbranched alkanes of at least 4 members (excludes halogenated alkanes) is 9. The lowest BCUT2D eigenvalue weighted by Crippen LogP contribution is -2.13. The molecule has 5 heteroatoms. The summed E-state index contributed by atoms with van der Waals surface area (Å²) in [5, 5.41) is 0. The molecule has 4 nitrogen and oxygen atoms in total. The lowest BCUT2D eigenvalue weighted by atomic mass is 10.0. The zero-order valence-electron chi connectivity index (χ0n) is 17.6. The van der Waals surface area contributed by atoms with Crippen LogP contribution in [0.25, 0.3) is 0 Å². The second-order valence-electron chi connectivity index (χ2n) is 7.22. The van der Waals surface area contributed by atoms with Crippen molar-refractivity contribution in [3.63, 3.8) is 0 Å². The van der Waals surface area contributed by atoms with E-state index in [0.717, 1.165) is 6.42 Å². The second-order valence-corrected chi connectivity index (χ2v) is 8.62. The van der Waals surface area contributed by atoms with E-state index in [9.17, 15) is 9.59 Å². The van der Waals surface area contributed by atoms with Crippen LogP contribution in [0.5, 0.6) is 0 Å². The van der Waals surface area contributed by atoms with Gasteiger partial charge >= 0.3 is 11.9 Å². The molecule has 26 heavy (non-hydrogen) atoms. The van der Waals surface area contributed by atoms with E-state index >= 15 is 0 Å². The fourth-order valence-corrected chi connectivity index (χ4v) is 4.37. The number of carbonyl (C=O) groups excluding carboxylic acids is 2. The highest BCUT2D eigenvalue weighted by Crippen LogP contribution is 2.33. The lowest BCUT2D eigenvalue weighted by Gasteiger charge is -2.27. The molecule has 156 valence electrons. The molecule has 0 saturated carbocycles. The molecule has 0 aromatic carbocycles. The summed E-state index contributed by atoms with van der Waals surface area (Å²) in [6, 6.07) is 0. The standard InChI is InChI=1S/C21H42O4S/c1-5-8-9-10-11-12-13-14-15-16-17-19(4)18-26(24-20(22)6-2)25-21(23)7-3/h19,26H,5-18H2,1-4H3. The Morgan fingerprint density at radius 3 is 1.58 bits per heavy atom. The van der Waals surface area contributed by atoms with E-state index in [1.54, 1.807) is 13.8 Å². The molecular weight excluding hydrogens is 348 g/mol. The lowest BCUT2D eigenvalue weighted by molar-refractivity contribution is -0.136. The SMILES string of the molecule is CCCCCCCCCCCCC(C)C[SH](OC(=O)CC)OC(=O)CC. The first-order valence-electron chi connectivity index (χ1n) is 10.7. The Morgan fingerprint density at radius 2 is 1.15 bits per heavy atom. The van der Waals surface area contributed by atoms with Crippen molar-refractivity contribution in [3.05, 3.63) is 0 Å². The van der Waals surface area contributed by atoms with Crippen LogP contribution >= 0.6 is 11.5 Å². The summed E-state index contributed by atoms with van der Waals surface area (Å²) < 4.78 is 10.7. The third kappa shape index (κ3) is 15.5. The first-order chi connectivity index (χ1) is 12.5. The van der Waals surface area contributed by atoms with Gasteiger partial charge in [0.25, 0.3) is 0 Å². The van der Waals surface area contributed by atoms with Crippen molar-refractivity contribution in [1.82, 2.24) is 0 Å².